The summed E-state index contributed by atoms with van der Waals surface area (Å²) in [6.07, 6.45) is 0.276. The molecule has 3 aromatic rings. The van der Waals surface area contributed by atoms with Gasteiger partial charge in [-0.2, -0.15) is 0 Å². The molecule has 3 aromatic carbocycles. The van der Waals surface area contributed by atoms with Gasteiger partial charge in [0, 0.05) is 38.3 Å². The summed E-state index contributed by atoms with van der Waals surface area (Å²) in [5, 5.41) is 4.28. The van der Waals surface area contributed by atoms with Crippen LogP contribution in [0.25, 0.3) is 0 Å². The lowest BCUT2D eigenvalue weighted by Gasteiger charge is -2.25. The number of amides is 1. The molecule has 7 heteroatoms. The Bertz CT molecular complexity index is 1180. The number of hydrogen-bond donors (Lipinski definition) is 0. The van der Waals surface area contributed by atoms with Gasteiger partial charge in [-0.25, -0.2) is 4.39 Å². The number of nitrogens with zero attached hydrogens (tertiary/aromatic N) is 3. The average molecular weight is 462 g/mol. The van der Waals surface area contributed by atoms with E-state index in [2.05, 4.69) is 5.16 Å². The van der Waals surface area contributed by atoms with Crippen LogP contribution >= 0.6 is 0 Å². The number of methoxy groups -OCH3 is 1. The molecule has 1 amide bonds. The zero-order valence-electron chi connectivity index (χ0n) is 19.6. The number of oxime groups is 1. The zero-order valence-corrected chi connectivity index (χ0v) is 19.6. The molecule has 0 fully saturated rings. The standard InChI is InChI=1S/C27H28FN3O3/c1-30(2)23-12-10-20(11-13-23)26-16-25(34-29-26)18-31(17-19-6-4-9-24(14-19)33-3)27(32)21-7-5-8-22(28)15-21/h4-15,25H,16-18H2,1-3H3. The van der Waals surface area contributed by atoms with Crippen molar-refractivity contribution in [1.29, 1.82) is 0 Å². The predicted molar refractivity (Wildman–Crippen MR) is 131 cm³/mol. The number of carbonyl (C=O) groups excluding carboxylic acids is 1. The highest BCUT2D eigenvalue weighted by molar-refractivity contribution is 6.01. The molecule has 4 rings (SSSR count). The number of ether oxygens (including phenoxy) is 1. The van der Waals surface area contributed by atoms with Crippen LogP contribution in [0.1, 0.15) is 27.9 Å². The molecule has 1 heterocycles. The number of halogens is 1. The van der Waals surface area contributed by atoms with E-state index < -0.39 is 5.82 Å². The van der Waals surface area contributed by atoms with E-state index in [9.17, 15) is 9.18 Å². The van der Waals surface area contributed by atoms with Gasteiger partial charge in [0.1, 0.15) is 11.6 Å². The quantitative estimate of drug-likeness (QED) is 0.487. The minimum absolute atomic E-state index is 0.269. The average Bonchev–Trinajstić information content (AvgIpc) is 3.32. The zero-order chi connectivity index (χ0) is 24.1. The number of carbonyl (C=O) groups is 1. The summed E-state index contributed by atoms with van der Waals surface area (Å²) in [6.45, 7) is 0.647. The summed E-state index contributed by atoms with van der Waals surface area (Å²) < 4.78 is 19.1. The molecule has 0 bridgehead atoms. The van der Waals surface area contributed by atoms with Crippen molar-refractivity contribution >= 4 is 17.3 Å². The van der Waals surface area contributed by atoms with Crippen LogP contribution in [0.2, 0.25) is 0 Å². The molecule has 1 unspecified atom stereocenters. The molecular formula is C27H28FN3O3. The molecule has 0 saturated carbocycles. The van der Waals surface area contributed by atoms with Crippen LogP contribution in [0.4, 0.5) is 10.1 Å². The van der Waals surface area contributed by atoms with Crippen molar-refractivity contribution in [1.82, 2.24) is 4.90 Å². The van der Waals surface area contributed by atoms with Gasteiger partial charge >= 0.3 is 0 Å². The van der Waals surface area contributed by atoms with E-state index in [1.807, 2.05) is 67.5 Å². The van der Waals surface area contributed by atoms with Crippen molar-refractivity contribution in [2.45, 2.75) is 19.1 Å². The van der Waals surface area contributed by atoms with Crippen LogP contribution in [0.15, 0.2) is 78.0 Å². The first-order chi connectivity index (χ1) is 16.4. The first-order valence-electron chi connectivity index (χ1n) is 11.1. The van der Waals surface area contributed by atoms with Gasteiger partial charge in [-0.1, -0.05) is 35.5 Å². The maximum absolute atomic E-state index is 13.8. The van der Waals surface area contributed by atoms with Gasteiger partial charge in [-0.3, -0.25) is 4.79 Å². The van der Waals surface area contributed by atoms with Gasteiger partial charge < -0.3 is 19.4 Å². The largest absolute Gasteiger partial charge is 0.497 e. The van der Waals surface area contributed by atoms with E-state index in [-0.39, 0.29) is 12.0 Å². The van der Waals surface area contributed by atoms with Crippen LogP contribution in [0.5, 0.6) is 5.75 Å². The van der Waals surface area contributed by atoms with Crippen molar-refractivity contribution in [2.75, 3.05) is 32.6 Å². The lowest BCUT2D eigenvalue weighted by Crippen LogP contribution is -2.37. The third-order valence-electron chi connectivity index (χ3n) is 5.74. The third kappa shape index (κ3) is 5.54. The summed E-state index contributed by atoms with van der Waals surface area (Å²) in [4.78, 5) is 22.7. The topological polar surface area (TPSA) is 54.4 Å². The normalized spacial score (nSPS) is 14.8. The fourth-order valence-electron chi connectivity index (χ4n) is 3.91. The van der Waals surface area contributed by atoms with Gasteiger partial charge in [0.05, 0.1) is 19.4 Å². The smallest absolute Gasteiger partial charge is 0.254 e. The molecule has 0 spiro atoms. The van der Waals surface area contributed by atoms with Crippen molar-refractivity contribution in [3.63, 3.8) is 0 Å². The van der Waals surface area contributed by atoms with Crippen molar-refractivity contribution in [3.05, 3.63) is 95.3 Å². The molecule has 0 aliphatic carbocycles. The van der Waals surface area contributed by atoms with Gasteiger partial charge in [0.15, 0.2) is 6.10 Å². The summed E-state index contributed by atoms with van der Waals surface area (Å²) in [6, 6.07) is 21.4. The Hall–Kier alpha value is -3.87. The number of anilines is 1. The molecule has 0 aromatic heterocycles. The molecular weight excluding hydrogens is 433 g/mol. The second-order valence-corrected chi connectivity index (χ2v) is 8.46. The first-order valence-corrected chi connectivity index (χ1v) is 11.1. The van der Waals surface area contributed by atoms with Crippen LogP contribution in [-0.4, -0.2) is 50.4 Å². The van der Waals surface area contributed by atoms with E-state index in [0.29, 0.717) is 30.8 Å². The van der Waals surface area contributed by atoms with E-state index in [1.165, 1.54) is 18.2 Å². The highest BCUT2D eigenvalue weighted by atomic mass is 19.1. The summed E-state index contributed by atoms with van der Waals surface area (Å²) in [5.74, 6) is -0.00893. The maximum atomic E-state index is 13.8. The minimum atomic E-state index is -0.448. The Kier molecular flexibility index (Phi) is 7.11. The first kappa shape index (κ1) is 23.3. The Labute approximate surface area is 199 Å². The van der Waals surface area contributed by atoms with Crippen LogP contribution in [0, 0.1) is 5.82 Å². The van der Waals surface area contributed by atoms with Crippen LogP contribution in [0.3, 0.4) is 0 Å². The predicted octanol–water partition coefficient (Wildman–Crippen LogP) is 4.74. The van der Waals surface area contributed by atoms with Crippen LogP contribution in [-0.2, 0) is 11.4 Å². The fourth-order valence-corrected chi connectivity index (χ4v) is 3.91. The summed E-state index contributed by atoms with van der Waals surface area (Å²) >= 11 is 0. The monoisotopic (exact) mass is 461 g/mol. The highest BCUT2D eigenvalue weighted by Crippen LogP contribution is 2.22. The van der Waals surface area contributed by atoms with E-state index >= 15 is 0 Å². The molecule has 1 atom stereocenters. The Morgan fingerprint density at radius 1 is 1.09 bits per heavy atom. The minimum Gasteiger partial charge on any atom is -0.497 e. The van der Waals surface area contributed by atoms with E-state index in [0.717, 1.165) is 22.5 Å². The molecule has 0 N–H and O–H groups in total. The van der Waals surface area contributed by atoms with Gasteiger partial charge in [-0.15, -0.1) is 0 Å². The maximum Gasteiger partial charge on any atom is 0.254 e. The molecule has 0 radical (unpaired) electrons. The Morgan fingerprint density at radius 3 is 2.56 bits per heavy atom. The van der Waals surface area contributed by atoms with Crippen molar-refractivity contribution < 1.29 is 18.8 Å². The molecule has 6 nitrogen and oxygen atoms in total. The van der Waals surface area contributed by atoms with Crippen LogP contribution < -0.4 is 9.64 Å². The second-order valence-electron chi connectivity index (χ2n) is 8.46. The number of benzene rings is 3. The molecule has 0 saturated heterocycles. The van der Waals surface area contributed by atoms with E-state index in [4.69, 9.17) is 9.57 Å². The Balaban J connectivity index is 1.50. The van der Waals surface area contributed by atoms with Crippen molar-refractivity contribution in [3.8, 4) is 5.75 Å². The van der Waals surface area contributed by atoms with Gasteiger partial charge in [0.2, 0.25) is 0 Å². The summed E-state index contributed by atoms with van der Waals surface area (Å²) in [7, 11) is 5.59. The number of hydrogen-bond acceptors (Lipinski definition) is 5. The number of rotatable bonds is 8. The van der Waals surface area contributed by atoms with Crippen molar-refractivity contribution in [2.24, 2.45) is 5.16 Å². The molecule has 1 aliphatic heterocycles. The molecule has 1 aliphatic rings. The summed E-state index contributed by atoms with van der Waals surface area (Å²) in [5.41, 5.74) is 4.13. The lowest BCUT2D eigenvalue weighted by molar-refractivity contribution is 0.0405. The molecule has 34 heavy (non-hydrogen) atoms. The lowest BCUT2D eigenvalue weighted by atomic mass is 10.0. The van der Waals surface area contributed by atoms with Gasteiger partial charge in [-0.05, 0) is 53.6 Å². The van der Waals surface area contributed by atoms with E-state index in [1.54, 1.807) is 18.1 Å². The highest BCUT2D eigenvalue weighted by Gasteiger charge is 2.27. The fraction of sp³-hybridized carbons (Fsp3) is 0.259. The SMILES string of the molecule is COc1cccc(CN(CC2CC(c3ccc(N(C)C)cc3)=NO2)C(=O)c2cccc(F)c2)c1. The van der Waals surface area contributed by atoms with Gasteiger partial charge in [0.25, 0.3) is 5.91 Å². The second kappa shape index (κ2) is 10.4. The molecule has 176 valence electrons. The Morgan fingerprint density at radius 2 is 1.85 bits per heavy atom. The third-order valence-corrected chi connectivity index (χ3v) is 5.74.